The number of rotatable bonds is 8. The third-order valence-corrected chi connectivity index (χ3v) is 8.14. The van der Waals surface area contributed by atoms with E-state index in [2.05, 4.69) is 15.9 Å². The van der Waals surface area contributed by atoms with E-state index >= 15 is 0 Å². The molecule has 162 valence electrons. The molecule has 14 heteroatoms. The van der Waals surface area contributed by atoms with Crippen molar-refractivity contribution in [2.45, 2.75) is 12.1 Å². The van der Waals surface area contributed by atoms with Crippen LogP contribution in [0.1, 0.15) is 25.8 Å². The van der Waals surface area contributed by atoms with Crippen LogP contribution >= 0.6 is 34.9 Å². The highest BCUT2D eigenvalue weighted by Gasteiger charge is 2.53. The molecule has 0 radical (unpaired) electrons. The summed E-state index contributed by atoms with van der Waals surface area (Å²) < 4.78 is 89.0. The van der Waals surface area contributed by atoms with Crippen molar-refractivity contribution in [3.63, 3.8) is 0 Å². The monoisotopic (exact) mass is 538 g/mol. The number of hydrogen-bond acceptors (Lipinski definition) is 6. The molecule has 2 rings (SSSR count). The molecule has 0 unspecified atom stereocenters. The lowest BCUT2D eigenvalue weighted by atomic mass is 10.1. The molecule has 0 aliphatic carbocycles. The number of hydrogen-bond donors (Lipinski definition) is 3. The number of fused-ring (bicyclic) bond motifs is 1. The molecule has 0 saturated heterocycles. The Bertz CT molecular complexity index is 1200. The molecule has 0 fully saturated rings. The van der Waals surface area contributed by atoms with E-state index < -0.39 is 45.3 Å². The minimum atomic E-state index is -5.91. The number of halogens is 3. The van der Waals surface area contributed by atoms with Gasteiger partial charge in [0.2, 0.25) is 0 Å². The molecule has 1 aromatic carbocycles. The van der Waals surface area contributed by atoms with Crippen LogP contribution < -0.4 is 10.1 Å². The van der Waals surface area contributed by atoms with E-state index in [1.54, 1.807) is 5.32 Å². The molecule has 0 aliphatic heterocycles. The van der Waals surface area contributed by atoms with Gasteiger partial charge in [0.05, 0.1) is 17.1 Å². The van der Waals surface area contributed by atoms with Gasteiger partial charge in [0.25, 0.3) is 5.91 Å². The van der Waals surface area contributed by atoms with Crippen LogP contribution in [0.4, 0.5) is 8.78 Å². The first kappa shape index (κ1) is 19.8. The number of benzene rings is 1. The van der Waals surface area contributed by atoms with Crippen LogP contribution in [0.25, 0.3) is 10.1 Å². The van der Waals surface area contributed by atoms with Crippen LogP contribution in [0.3, 0.4) is 0 Å². The molecule has 29 heavy (non-hydrogen) atoms. The van der Waals surface area contributed by atoms with Crippen molar-refractivity contribution in [2.75, 3.05) is 25.6 Å². The third-order valence-electron chi connectivity index (χ3n) is 3.63. The van der Waals surface area contributed by atoms with Gasteiger partial charge >= 0.3 is 13.3 Å². The zero-order chi connectivity index (χ0) is 24.7. The molecule has 0 bridgehead atoms. The lowest BCUT2D eigenvalue weighted by Crippen LogP contribution is -2.17. The molecule has 0 spiro atoms. The van der Waals surface area contributed by atoms with Crippen LogP contribution in [0.15, 0.2) is 16.6 Å². The maximum atomic E-state index is 14.4. The van der Waals surface area contributed by atoms with Crippen molar-refractivity contribution in [2.24, 2.45) is 0 Å². The summed E-state index contributed by atoms with van der Waals surface area (Å²) in [6.45, 7) is -3.03. The van der Waals surface area contributed by atoms with Crippen molar-refractivity contribution in [3.05, 3.63) is 27.0 Å². The van der Waals surface area contributed by atoms with Gasteiger partial charge < -0.3 is 19.8 Å². The molecule has 1 aromatic heterocycles. The molecule has 3 N–H and O–H groups in total. The molecule has 2 aromatic rings. The van der Waals surface area contributed by atoms with Crippen LogP contribution in [0.5, 0.6) is 5.75 Å². The average molecular weight is 539 g/mol. The fraction of sp³-hybridized carbons (Fsp3) is 0.400. The zero-order valence-corrected chi connectivity index (χ0v) is 18.7. The van der Waals surface area contributed by atoms with Crippen molar-refractivity contribution in [1.82, 2.24) is 5.32 Å². The van der Waals surface area contributed by atoms with E-state index in [0.29, 0.717) is 11.3 Å². The highest BCUT2D eigenvalue weighted by atomic mass is 79.9. The Labute approximate surface area is 181 Å². The molecular formula is C15H17BrF2NO7PS2. The molecule has 0 saturated carbocycles. The number of thiophene rings is 1. The Hall–Kier alpha value is -1.11. The second kappa shape index (κ2) is 8.56. The number of carbonyl (C=O) groups is 1. The van der Waals surface area contributed by atoms with E-state index in [1.807, 2.05) is 0 Å². The molecule has 1 amide bonds. The van der Waals surface area contributed by atoms with Gasteiger partial charge in [-0.15, -0.1) is 11.3 Å². The summed E-state index contributed by atoms with van der Waals surface area (Å²) in [4.78, 5) is 29.4. The lowest BCUT2D eigenvalue weighted by Gasteiger charge is -2.16. The second-order valence-corrected chi connectivity index (χ2v) is 11.7. The summed E-state index contributed by atoms with van der Waals surface area (Å²) in [6.07, 6.45) is 1.04. The number of alkyl halides is 2. The Morgan fingerprint density at radius 3 is 2.66 bits per heavy atom. The molecule has 0 aliphatic rings. The van der Waals surface area contributed by atoms with Crippen molar-refractivity contribution in [1.29, 1.82) is 0 Å². The predicted molar refractivity (Wildman–Crippen MR) is 109 cm³/mol. The molecule has 1 heterocycles. The van der Waals surface area contributed by atoms with Crippen LogP contribution in [0.2, 0.25) is 0 Å². The van der Waals surface area contributed by atoms with E-state index in [1.165, 1.54) is 0 Å². The fourth-order valence-electron chi connectivity index (χ4n) is 2.28. The zero-order valence-electron chi connectivity index (χ0n) is 17.6. The normalized spacial score (nSPS) is 14.9. The van der Waals surface area contributed by atoms with Crippen LogP contribution in [-0.4, -0.2) is 49.7 Å². The average Bonchev–Trinajstić information content (AvgIpc) is 2.93. The standard InChI is InChI=1S/C15H17BrF2NO7PS2/c1-19-14(20)8-6-9-11(16)13(15(17,18)27(21,22)23)28-12(9)10(7-8)26-4-3-5-29(2,24)25/h6-7H,3-5H2,1-2H3,(H,19,20)(H2,21,22,23)/i1D3. The smallest absolute Gasteiger partial charge is 0.400 e. The van der Waals surface area contributed by atoms with Gasteiger partial charge in [0.1, 0.15) is 20.5 Å². The minimum Gasteiger partial charge on any atom is -0.492 e. The summed E-state index contributed by atoms with van der Waals surface area (Å²) in [6, 6.07) is 2.14. The first-order valence-corrected chi connectivity index (χ1v) is 12.9. The van der Waals surface area contributed by atoms with E-state index in [4.69, 9.17) is 18.6 Å². The Morgan fingerprint density at radius 2 is 2.10 bits per heavy atom. The SMILES string of the molecule is [2H]C([2H])([2H])NC(=O)c1cc(OCCCS(C)(=O)=O)c2sc(C(F)(F)P(=O)(O)O)c(Br)c2c1. The van der Waals surface area contributed by atoms with Gasteiger partial charge in [-0.05, 0) is 34.5 Å². The maximum absolute atomic E-state index is 14.4. The fourth-order valence-corrected chi connectivity index (χ4v) is 5.90. The second-order valence-electron chi connectivity index (χ2n) is 5.97. The van der Waals surface area contributed by atoms with Crippen LogP contribution in [-0.2, 0) is 20.1 Å². The number of amides is 1. The first-order chi connectivity index (χ1) is 14.3. The van der Waals surface area contributed by atoms with Gasteiger partial charge in [-0.3, -0.25) is 9.36 Å². The van der Waals surface area contributed by atoms with Gasteiger partial charge in [0.15, 0.2) is 0 Å². The number of sulfone groups is 1. The van der Waals surface area contributed by atoms with Crippen molar-refractivity contribution < 1.29 is 45.2 Å². The van der Waals surface area contributed by atoms with Gasteiger partial charge in [-0.2, -0.15) is 8.78 Å². The quantitative estimate of drug-likeness (QED) is 0.347. The summed E-state index contributed by atoms with van der Waals surface area (Å²) in [7, 11) is -9.20. The Balaban J connectivity index is 2.60. The van der Waals surface area contributed by atoms with Crippen molar-refractivity contribution in [3.8, 4) is 5.75 Å². The third kappa shape index (κ3) is 5.33. The Kier molecular flexibility index (Phi) is 5.85. The van der Waals surface area contributed by atoms with Crippen LogP contribution in [0, 0.1) is 0 Å². The highest BCUT2D eigenvalue weighted by molar-refractivity contribution is 9.10. The topological polar surface area (TPSA) is 130 Å². The number of ether oxygens (including phenoxy) is 1. The van der Waals surface area contributed by atoms with Crippen molar-refractivity contribution >= 4 is 60.7 Å². The summed E-state index contributed by atoms with van der Waals surface area (Å²) in [5, 5.41) is 1.66. The Morgan fingerprint density at radius 1 is 1.45 bits per heavy atom. The number of nitrogens with one attached hydrogen (secondary N) is 1. The predicted octanol–water partition coefficient (Wildman–Crippen LogP) is 3.06. The summed E-state index contributed by atoms with van der Waals surface area (Å²) in [5.41, 5.74) is -4.83. The molecule has 8 nitrogen and oxygen atoms in total. The van der Waals surface area contributed by atoms with E-state index in [0.717, 1.165) is 18.4 Å². The molecule has 0 atom stereocenters. The number of carbonyl (C=O) groups excluding carboxylic acids is 1. The van der Waals surface area contributed by atoms with Gasteiger partial charge in [-0.1, -0.05) is 0 Å². The largest absolute Gasteiger partial charge is 0.492 e. The molecular weight excluding hydrogens is 519 g/mol. The lowest BCUT2D eigenvalue weighted by molar-refractivity contribution is 0.0595. The van der Waals surface area contributed by atoms with Gasteiger partial charge in [-0.25, -0.2) is 8.42 Å². The maximum Gasteiger partial charge on any atom is 0.400 e. The van der Waals surface area contributed by atoms with Gasteiger partial charge in [0, 0.05) is 32.8 Å². The highest BCUT2D eigenvalue weighted by Crippen LogP contribution is 2.63. The van der Waals surface area contributed by atoms with E-state index in [-0.39, 0.29) is 40.2 Å². The summed E-state index contributed by atoms with van der Waals surface area (Å²) >= 11 is 3.18. The summed E-state index contributed by atoms with van der Waals surface area (Å²) in [5.74, 6) is -1.47. The van der Waals surface area contributed by atoms with E-state index in [9.17, 15) is 26.6 Å². The first-order valence-electron chi connectivity index (χ1n) is 9.16. The minimum absolute atomic E-state index is 0.00945.